The Labute approximate surface area is 124 Å². The Kier molecular flexibility index (Phi) is 5.16. The Morgan fingerprint density at radius 1 is 1.10 bits per heavy atom. The summed E-state index contributed by atoms with van der Waals surface area (Å²) in [5.74, 6) is -0.150. The minimum absolute atomic E-state index is 0.150. The van der Waals surface area contributed by atoms with Crippen LogP contribution in [0.25, 0.3) is 0 Å². The fraction of sp³-hybridized carbons (Fsp3) is 0.294. The van der Waals surface area contributed by atoms with Crippen LogP contribution in [-0.4, -0.2) is 13.1 Å². The summed E-state index contributed by atoms with van der Waals surface area (Å²) in [6, 6.07) is 13.1. The average molecular weight is 292 g/mol. The molecule has 1 nitrogen and oxygen atoms in total. The zero-order valence-electron chi connectivity index (χ0n) is 11.8. The summed E-state index contributed by atoms with van der Waals surface area (Å²) in [5, 5.41) is 4.02. The van der Waals surface area contributed by atoms with Gasteiger partial charge >= 0.3 is 0 Å². The van der Waals surface area contributed by atoms with Crippen LogP contribution in [0.2, 0.25) is 5.02 Å². The van der Waals surface area contributed by atoms with E-state index in [2.05, 4.69) is 11.4 Å². The predicted octanol–water partition coefficient (Wildman–Crippen LogP) is 4.16. The first-order valence-electron chi connectivity index (χ1n) is 6.76. The van der Waals surface area contributed by atoms with E-state index in [0.29, 0.717) is 6.42 Å². The van der Waals surface area contributed by atoms with Crippen molar-refractivity contribution in [2.45, 2.75) is 25.8 Å². The van der Waals surface area contributed by atoms with E-state index in [0.717, 1.165) is 28.1 Å². The second-order valence-electron chi connectivity index (χ2n) is 5.08. The van der Waals surface area contributed by atoms with Crippen LogP contribution >= 0.6 is 11.6 Å². The molecule has 0 radical (unpaired) electrons. The average Bonchev–Trinajstić information content (AvgIpc) is 2.43. The second kappa shape index (κ2) is 6.87. The number of hydrogen-bond acceptors (Lipinski definition) is 1. The van der Waals surface area contributed by atoms with Gasteiger partial charge in [0.05, 0.1) is 0 Å². The van der Waals surface area contributed by atoms with Gasteiger partial charge in [0.25, 0.3) is 0 Å². The zero-order chi connectivity index (χ0) is 14.5. The van der Waals surface area contributed by atoms with Crippen LogP contribution in [0, 0.1) is 12.7 Å². The minimum atomic E-state index is -0.150. The van der Waals surface area contributed by atoms with Gasteiger partial charge in [-0.1, -0.05) is 41.9 Å². The van der Waals surface area contributed by atoms with Crippen LogP contribution in [-0.2, 0) is 12.8 Å². The number of rotatable bonds is 5. The molecule has 0 fully saturated rings. The zero-order valence-corrected chi connectivity index (χ0v) is 12.5. The lowest BCUT2D eigenvalue weighted by Crippen LogP contribution is -2.30. The highest BCUT2D eigenvalue weighted by Gasteiger charge is 2.13. The molecule has 0 aliphatic heterocycles. The molecule has 1 atom stereocenters. The highest BCUT2D eigenvalue weighted by Crippen LogP contribution is 2.20. The third-order valence-corrected chi connectivity index (χ3v) is 3.86. The third kappa shape index (κ3) is 3.81. The summed E-state index contributed by atoms with van der Waals surface area (Å²) in [6.45, 7) is 2.02. The second-order valence-corrected chi connectivity index (χ2v) is 5.49. The van der Waals surface area contributed by atoms with Crippen molar-refractivity contribution in [1.29, 1.82) is 0 Å². The first-order valence-corrected chi connectivity index (χ1v) is 7.13. The first kappa shape index (κ1) is 15.0. The number of nitrogens with one attached hydrogen (secondary N) is 1. The fourth-order valence-corrected chi connectivity index (χ4v) is 2.60. The van der Waals surface area contributed by atoms with Crippen molar-refractivity contribution in [3.8, 4) is 0 Å². The van der Waals surface area contributed by atoms with Gasteiger partial charge in [0.15, 0.2) is 0 Å². The molecule has 2 rings (SSSR count). The van der Waals surface area contributed by atoms with Gasteiger partial charge in [0.2, 0.25) is 0 Å². The van der Waals surface area contributed by atoms with Gasteiger partial charge in [0, 0.05) is 11.1 Å². The number of likely N-dealkylation sites (N-methyl/N-ethyl adjacent to an activating group) is 1. The van der Waals surface area contributed by atoms with Crippen molar-refractivity contribution < 1.29 is 4.39 Å². The maximum absolute atomic E-state index is 13.7. The van der Waals surface area contributed by atoms with Gasteiger partial charge < -0.3 is 5.32 Å². The normalized spacial score (nSPS) is 12.4. The van der Waals surface area contributed by atoms with Crippen molar-refractivity contribution in [3.63, 3.8) is 0 Å². The highest BCUT2D eigenvalue weighted by atomic mass is 35.5. The van der Waals surface area contributed by atoms with Gasteiger partial charge in [-0.25, -0.2) is 4.39 Å². The molecule has 0 aromatic heterocycles. The van der Waals surface area contributed by atoms with E-state index in [1.54, 1.807) is 6.07 Å². The van der Waals surface area contributed by atoms with E-state index < -0.39 is 0 Å². The monoisotopic (exact) mass is 291 g/mol. The maximum atomic E-state index is 13.7. The SMILES string of the molecule is CNC(Cc1ccccc1F)Cc1ccc(C)cc1Cl. The molecule has 0 spiro atoms. The summed E-state index contributed by atoms with van der Waals surface area (Å²) in [7, 11) is 1.90. The van der Waals surface area contributed by atoms with Gasteiger partial charge in [-0.15, -0.1) is 0 Å². The molecule has 0 heterocycles. The van der Waals surface area contributed by atoms with Crippen LogP contribution < -0.4 is 5.32 Å². The topological polar surface area (TPSA) is 12.0 Å². The Balaban J connectivity index is 2.11. The predicted molar refractivity (Wildman–Crippen MR) is 82.8 cm³/mol. The van der Waals surface area contributed by atoms with Crippen LogP contribution in [0.1, 0.15) is 16.7 Å². The van der Waals surface area contributed by atoms with E-state index in [1.165, 1.54) is 6.07 Å². The van der Waals surface area contributed by atoms with Gasteiger partial charge in [-0.05, 0) is 55.6 Å². The molecule has 0 saturated carbocycles. The molecular weight excluding hydrogens is 273 g/mol. The Morgan fingerprint density at radius 2 is 1.80 bits per heavy atom. The molecule has 0 aliphatic rings. The molecule has 1 N–H and O–H groups in total. The van der Waals surface area contributed by atoms with Crippen molar-refractivity contribution in [2.24, 2.45) is 0 Å². The largest absolute Gasteiger partial charge is 0.316 e. The number of aryl methyl sites for hydroxylation is 1. The molecule has 1 unspecified atom stereocenters. The van der Waals surface area contributed by atoms with E-state index in [9.17, 15) is 4.39 Å². The summed E-state index contributed by atoms with van der Waals surface area (Å²) in [5.41, 5.74) is 2.97. The maximum Gasteiger partial charge on any atom is 0.126 e. The molecular formula is C17H19ClFN. The molecule has 2 aromatic carbocycles. The minimum Gasteiger partial charge on any atom is -0.316 e. The Morgan fingerprint density at radius 3 is 2.45 bits per heavy atom. The lowest BCUT2D eigenvalue weighted by molar-refractivity contribution is 0.532. The lowest BCUT2D eigenvalue weighted by atomic mass is 9.98. The van der Waals surface area contributed by atoms with Crippen LogP contribution in [0.3, 0.4) is 0 Å². The molecule has 20 heavy (non-hydrogen) atoms. The van der Waals surface area contributed by atoms with Gasteiger partial charge in [0.1, 0.15) is 5.82 Å². The molecule has 2 aromatic rings. The van der Waals surface area contributed by atoms with Crippen LogP contribution in [0.4, 0.5) is 4.39 Å². The fourth-order valence-electron chi connectivity index (χ4n) is 2.29. The molecule has 3 heteroatoms. The van der Waals surface area contributed by atoms with Crippen molar-refractivity contribution in [3.05, 3.63) is 70.0 Å². The number of hydrogen-bond donors (Lipinski definition) is 1. The molecule has 0 saturated heterocycles. The van der Waals surface area contributed by atoms with Gasteiger partial charge in [-0.3, -0.25) is 0 Å². The van der Waals surface area contributed by atoms with E-state index in [1.807, 2.05) is 38.2 Å². The standard InChI is InChI=1S/C17H19ClFN/c1-12-7-8-13(16(18)9-12)10-15(20-2)11-14-5-3-4-6-17(14)19/h3-9,15,20H,10-11H2,1-2H3. The van der Waals surface area contributed by atoms with Gasteiger partial charge in [-0.2, -0.15) is 0 Å². The number of halogens is 2. The smallest absolute Gasteiger partial charge is 0.126 e. The molecule has 106 valence electrons. The van der Waals surface area contributed by atoms with Crippen LogP contribution in [0.15, 0.2) is 42.5 Å². The highest BCUT2D eigenvalue weighted by molar-refractivity contribution is 6.31. The van der Waals surface area contributed by atoms with E-state index in [-0.39, 0.29) is 11.9 Å². The summed E-state index contributed by atoms with van der Waals surface area (Å²) >= 11 is 6.26. The molecule has 0 bridgehead atoms. The third-order valence-electron chi connectivity index (χ3n) is 3.51. The molecule has 0 amide bonds. The van der Waals surface area contributed by atoms with Crippen molar-refractivity contribution >= 4 is 11.6 Å². The van der Waals surface area contributed by atoms with Crippen LogP contribution in [0.5, 0.6) is 0 Å². The van der Waals surface area contributed by atoms with E-state index >= 15 is 0 Å². The quantitative estimate of drug-likeness (QED) is 0.872. The Hall–Kier alpha value is -1.38. The lowest BCUT2D eigenvalue weighted by Gasteiger charge is -2.17. The first-order chi connectivity index (χ1) is 9.60. The molecule has 0 aliphatic carbocycles. The summed E-state index contributed by atoms with van der Waals surface area (Å²) in [4.78, 5) is 0. The Bertz CT molecular complexity index is 583. The summed E-state index contributed by atoms with van der Waals surface area (Å²) < 4.78 is 13.7. The number of benzene rings is 2. The van der Waals surface area contributed by atoms with E-state index in [4.69, 9.17) is 11.6 Å². The summed E-state index contributed by atoms with van der Waals surface area (Å²) in [6.07, 6.45) is 1.43. The van der Waals surface area contributed by atoms with Crippen molar-refractivity contribution in [1.82, 2.24) is 5.32 Å². The van der Waals surface area contributed by atoms with Crippen molar-refractivity contribution in [2.75, 3.05) is 7.05 Å².